The van der Waals surface area contributed by atoms with Gasteiger partial charge in [-0.05, 0) is 25.1 Å². The van der Waals surface area contributed by atoms with Crippen LogP contribution in [-0.4, -0.2) is 65.4 Å². The van der Waals surface area contributed by atoms with Gasteiger partial charge in [0.2, 0.25) is 0 Å². The molecule has 1 aliphatic rings. The molecule has 1 aliphatic heterocycles. The second-order valence-electron chi connectivity index (χ2n) is 4.76. The Kier molecular flexibility index (Phi) is 5.14. The molecule has 20 heavy (non-hydrogen) atoms. The van der Waals surface area contributed by atoms with Crippen molar-refractivity contribution in [2.24, 2.45) is 10.9 Å². The average Bonchev–Trinajstić information content (AvgIpc) is 2.72. The number of hydrogen-bond donors (Lipinski definition) is 3. The Morgan fingerprint density at radius 3 is 2.95 bits per heavy atom. The van der Waals surface area contributed by atoms with E-state index in [1.165, 1.54) is 0 Å². The first-order valence-corrected chi connectivity index (χ1v) is 6.77. The number of nitrogens with zero attached hydrogens (tertiary/aromatic N) is 4. The summed E-state index contributed by atoms with van der Waals surface area (Å²) in [5.74, 6) is 0.0251. The molecule has 2 rings (SSSR count). The maximum absolute atomic E-state index is 9.02. The molecule has 0 amide bonds. The van der Waals surface area contributed by atoms with Crippen LogP contribution in [0.15, 0.2) is 23.5 Å². The summed E-state index contributed by atoms with van der Waals surface area (Å²) < 4.78 is 0. The van der Waals surface area contributed by atoms with E-state index in [1.807, 2.05) is 12.1 Å². The number of β-amino-alcohol motifs (C(OH)–C–C–N with tert-alkyl or cyclic N) is 1. The maximum atomic E-state index is 9.02. The Morgan fingerprint density at radius 1 is 1.35 bits per heavy atom. The number of aromatic nitrogens is 1. The van der Waals surface area contributed by atoms with E-state index in [2.05, 4.69) is 19.9 Å². The molecular formula is C13H21N5O2. The molecule has 2 heterocycles. The number of hydrogen-bond acceptors (Lipinski definition) is 6. The quantitative estimate of drug-likeness (QED) is 0.302. The largest absolute Gasteiger partial charge is 0.409 e. The third-order valence-electron chi connectivity index (χ3n) is 3.48. The van der Waals surface area contributed by atoms with E-state index in [-0.39, 0.29) is 12.4 Å². The maximum Gasteiger partial charge on any atom is 0.190 e. The SMILES string of the molecule is N/C(=N/O)c1ncccc1N1CCCN(CCO)CC1. The van der Waals surface area contributed by atoms with E-state index in [9.17, 15) is 0 Å². The van der Waals surface area contributed by atoms with Gasteiger partial charge < -0.3 is 20.9 Å². The minimum Gasteiger partial charge on any atom is -0.409 e. The number of rotatable bonds is 4. The van der Waals surface area contributed by atoms with Crippen LogP contribution in [0.4, 0.5) is 5.69 Å². The van der Waals surface area contributed by atoms with Gasteiger partial charge in [-0.2, -0.15) is 0 Å². The summed E-state index contributed by atoms with van der Waals surface area (Å²) in [6.07, 6.45) is 2.64. The molecule has 1 aromatic rings. The minimum atomic E-state index is 0.0251. The topological polar surface area (TPSA) is 98.2 Å². The van der Waals surface area contributed by atoms with Crippen LogP contribution < -0.4 is 10.6 Å². The third-order valence-corrected chi connectivity index (χ3v) is 3.48. The fourth-order valence-electron chi connectivity index (χ4n) is 2.47. The Morgan fingerprint density at radius 2 is 2.20 bits per heavy atom. The molecule has 4 N–H and O–H groups in total. The molecular weight excluding hydrogens is 258 g/mol. The third kappa shape index (κ3) is 3.37. The van der Waals surface area contributed by atoms with Crippen LogP contribution in [0.1, 0.15) is 12.1 Å². The fourth-order valence-corrected chi connectivity index (χ4v) is 2.47. The zero-order valence-corrected chi connectivity index (χ0v) is 11.4. The van der Waals surface area contributed by atoms with E-state index in [4.69, 9.17) is 16.0 Å². The molecule has 1 fully saturated rings. The summed E-state index contributed by atoms with van der Waals surface area (Å²) in [6, 6.07) is 3.78. The lowest BCUT2D eigenvalue weighted by atomic mass is 10.2. The molecule has 7 nitrogen and oxygen atoms in total. The number of anilines is 1. The Balaban J connectivity index is 2.15. The van der Waals surface area contributed by atoms with Crippen LogP contribution in [0.25, 0.3) is 0 Å². The summed E-state index contributed by atoms with van der Waals surface area (Å²) >= 11 is 0. The van der Waals surface area contributed by atoms with Crippen molar-refractivity contribution in [2.45, 2.75) is 6.42 Å². The highest BCUT2D eigenvalue weighted by molar-refractivity contribution is 6.00. The lowest BCUT2D eigenvalue weighted by molar-refractivity contribution is 0.204. The highest BCUT2D eigenvalue weighted by Crippen LogP contribution is 2.19. The average molecular weight is 279 g/mol. The minimum absolute atomic E-state index is 0.0251. The summed E-state index contributed by atoms with van der Waals surface area (Å²) in [6.45, 7) is 4.45. The Bertz CT molecular complexity index is 466. The van der Waals surface area contributed by atoms with Crippen molar-refractivity contribution in [1.82, 2.24) is 9.88 Å². The highest BCUT2D eigenvalue weighted by Gasteiger charge is 2.18. The van der Waals surface area contributed by atoms with E-state index in [0.29, 0.717) is 12.2 Å². The van der Waals surface area contributed by atoms with E-state index >= 15 is 0 Å². The van der Waals surface area contributed by atoms with E-state index in [1.54, 1.807) is 6.20 Å². The zero-order valence-electron chi connectivity index (χ0n) is 11.4. The second kappa shape index (κ2) is 7.06. The van der Waals surface area contributed by atoms with Crippen LogP contribution in [0.5, 0.6) is 0 Å². The van der Waals surface area contributed by atoms with Gasteiger partial charge in [-0.25, -0.2) is 0 Å². The smallest absolute Gasteiger partial charge is 0.190 e. The first-order valence-electron chi connectivity index (χ1n) is 6.77. The van der Waals surface area contributed by atoms with Gasteiger partial charge in [-0.1, -0.05) is 5.16 Å². The van der Waals surface area contributed by atoms with Gasteiger partial charge in [-0.3, -0.25) is 9.88 Å². The fraction of sp³-hybridized carbons (Fsp3) is 0.538. The lowest BCUT2D eigenvalue weighted by Gasteiger charge is -2.24. The predicted molar refractivity (Wildman–Crippen MR) is 77.1 cm³/mol. The van der Waals surface area contributed by atoms with Gasteiger partial charge >= 0.3 is 0 Å². The number of pyridine rings is 1. The van der Waals surface area contributed by atoms with Gasteiger partial charge in [0.15, 0.2) is 5.84 Å². The van der Waals surface area contributed by atoms with Crippen molar-refractivity contribution in [3.8, 4) is 0 Å². The predicted octanol–water partition coefficient (Wildman–Crippen LogP) is -0.320. The summed E-state index contributed by atoms with van der Waals surface area (Å²) in [4.78, 5) is 8.63. The molecule has 0 radical (unpaired) electrons. The summed E-state index contributed by atoms with van der Waals surface area (Å²) in [5.41, 5.74) is 7.07. The van der Waals surface area contributed by atoms with Crippen molar-refractivity contribution in [3.63, 3.8) is 0 Å². The lowest BCUT2D eigenvalue weighted by Crippen LogP contribution is -2.33. The second-order valence-corrected chi connectivity index (χ2v) is 4.76. The normalized spacial score (nSPS) is 18.1. The van der Waals surface area contributed by atoms with Crippen LogP contribution >= 0.6 is 0 Å². The van der Waals surface area contributed by atoms with Crippen LogP contribution in [0, 0.1) is 0 Å². The standard InChI is InChI=1S/C13H21N5O2/c14-13(16-20)12-11(3-1-4-15-12)18-6-2-5-17(7-8-18)9-10-19/h1,3-4,19-20H,2,5-10H2,(H2,14,16). The van der Waals surface area contributed by atoms with Crippen molar-refractivity contribution < 1.29 is 10.3 Å². The first-order chi connectivity index (χ1) is 9.76. The van der Waals surface area contributed by atoms with Crippen LogP contribution in [0.2, 0.25) is 0 Å². The van der Waals surface area contributed by atoms with Crippen molar-refractivity contribution in [3.05, 3.63) is 24.0 Å². The molecule has 0 bridgehead atoms. The number of amidine groups is 1. The molecule has 1 aromatic heterocycles. The van der Waals surface area contributed by atoms with Crippen LogP contribution in [-0.2, 0) is 0 Å². The zero-order chi connectivity index (χ0) is 14.4. The number of aliphatic hydroxyl groups excluding tert-OH is 1. The molecule has 0 aromatic carbocycles. The molecule has 0 spiro atoms. The van der Waals surface area contributed by atoms with Crippen molar-refractivity contribution in [1.29, 1.82) is 0 Å². The van der Waals surface area contributed by atoms with Crippen molar-refractivity contribution in [2.75, 3.05) is 44.2 Å². The van der Waals surface area contributed by atoms with E-state index in [0.717, 1.165) is 38.3 Å². The monoisotopic (exact) mass is 279 g/mol. The molecule has 0 atom stereocenters. The summed E-state index contributed by atoms with van der Waals surface area (Å²) in [7, 11) is 0. The molecule has 7 heteroatoms. The molecule has 0 unspecified atom stereocenters. The van der Waals surface area contributed by atoms with Gasteiger partial charge in [0, 0.05) is 32.4 Å². The molecule has 0 saturated carbocycles. The van der Waals surface area contributed by atoms with Gasteiger partial charge in [0.25, 0.3) is 0 Å². The number of nitrogens with two attached hydrogens (primary N) is 1. The van der Waals surface area contributed by atoms with E-state index < -0.39 is 0 Å². The number of oxime groups is 1. The van der Waals surface area contributed by atoms with Gasteiger partial charge in [0.05, 0.1) is 12.3 Å². The molecule has 110 valence electrons. The number of aliphatic hydroxyl groups is 1. The Hall–Kier alpha value is -1.86. The summed E-state index contributed by atoms with van der Waals surface area (Å²) in [5, 5.41) is 20.9. The van der Waals surface area contributed by atoms with Crippen LogP contribution in [0.3, 0.4) is 0 Å². The van der Waals surface area contributed by atoms with Gasteiger partial charge in [0.1, 0.15) is 5.69 Å². The molecule has 0 aliphatic carbocycles. The highest BCUT2D eigenvalue weighted by atomic mass is 16.4. The Labute approximate surface area is 118 Å². The first kappa shape index (κ1) is 14.5. The molecule has 1 saturated heterocycles. The van der Waals surface area contributed by atoms with Crippen molar-refractivity contribution >= 4 is 11.5 Å². The van der Waals surface area contributed by atoms with Gasteiger partial charge in [-0.15, -0.1) is 0 Å².